The summed E-state index contributed by atoms with van der Waals surface area (Å²) in [6.07, 6.45) is 9.87. The minimum atomic E-state index is -3.54. The summed E-state index contributed by atoms with van der Waals surface area (Å²) in [5, 5.41) is 4.95. The molecule has 0 bridgehead atoms. The van der Waals surface area contributed by atoms with Crippen molar-refractivity contribution in [1.82, 2.24) is 9.55 Å². The average molecular weight is 619 g/mol. The highest BCUT2D eigenvalue weighted by Gasteiger charge is 2.46. The number of imidazole rings is 1. The van der Waals surface area contributed by atoms with E-state index < -0.39 is 10.0 Å². The number of amides is 1. The van der Waals surface area contributed by atoms with E-state index in [4.69, 9.17) is 5.14 Å². The number of aryl methyl sites for hydroxylation is 4. The van der Waals surface area contributed by atoms with Gasteiger partial charge in [0.15, 0.2) is 0 Å². The fraction of sp³-hybridized carbons (Fsp3) is 0.371. The molecule has 1 saturated carbocycles. The van der Waals surface area contributed by atoms with E-state index in [1.54, 1.807) is 30.5 Å². The quantitative estimate of drug-likeness (QED) is 0.249. The van der Waals surface area contributed by atoms with Crippen LogP contribution in [0, 0.1) is 11.7 Å². The Morgan fingerprint density at radius 1 is 1.02 bits per heavy atom. The summed E-state index contributed by atoms with van der Waals surface area (Å²) >= 11 is 0. The fourth-order valence-corrected chi connectivity index (χ4v) is 6.17. The molecule has 4 aromatic rings. The molecule has 2 aliphatic rings. The maximum atomic E-state index is 13.7. The van der Waals surface area contributed by atoms with Crippen molar-refractivity contribution in [3.63, 3.8) is 0 Å². The van der Waals surface area contributed by atoms with Gasteiger partial charge >= 0.3 is 0 Å². The molecule has 1 amide bonds. The monoisotopic (exact) mass is 618 g/mol. The van der Waals surface area contributed by atoms with E-state index in [0.29, 0.717) is 6.54 Å². The second-order valence-corrected chi connectivity index (χ2v) is 12.6. The number of benzene rings is 3. The van der Waals surface area contributed by atoms with Gasteiger partial charge in [-0.05, 0) is 103 Å². The smallest absolute Gasteiger partial charge is 0.238 e. The van der Waals surface area contributed by atoms with Crippen LogP contribution < -0.4 is 10.0 Å². The third-order valence-electron chi connectivity index (χ3n) is 8.15. The topological polar surface area (TPSA) is 98.3 Å². The minimum Gasteiger partial charge on any atom is -0.337 e. The average Bonchev–Trinajstić information content (AvgIpc) is 3.74. The number of halogens is 1. The summed E-state index contributed by atoms with van der Waals surface area (Å²) < 4.78 is 37.4. The Morgan fingerprint density at radius 2 is 1.75 bits per heavy atom. The van der Waals surface area contributed by atoms with Crippen LogP contribution in [0.1, 0.15) is 74.0 Å². The minimum absolute atomic E-state index is 0.0923. The van der Waals surface area contributed by atoms with Crippen molar-refractivity contribution >= 4 is 21.6 Å². The van der Waals surface area contributed by atoms with Gasteiger partial charge in [0.05, 0.1) is 11.4 Å². The number of carbonyl (C=O) groups is 1. The number of rotatable bonds is 7. The molecule has 2 atom stereocenters. The van der Waals surface area contributed by atoms with Crippen LogP contribution in [0.4, 0.5) is 10.1 Å². The first kappa shape index (κ1) is 33.1. The van der Waals surface area contributed by atoms with Crippen LogP contribution in [0.15, 0.2) is 84.0 Å². The molecule has 6 rings (SSSR count). The van der Waals surface area contributed by atoms with E-state index in [1.807, 2.05) is 55.6 Å². The highest BCUT2D eigenvalue weighted by atomic mass is 32.2. The highest BCUT2D eigenvalue weighted by molar-refractivity contribution is 7.89. The number of nitrogens with zero attached hydrogens (tertiary/aromatic N) is 3. The third kappa shape index (κ3) is 8.21. The molecule has 0 aliphatic heterocycles. The molecule has 44 heavy (non-hydrogen) atoms. The van der Waals surface area contributed by atoms with Gasteiger partial charge in [0, 0.05) is 31.0 Å². The fourth-order valence-electron chi connectivity index (χ4n) is 5.59. The van der Waals surface area contributed by atoms with E-state index in [2.05, 4.69) is 23.2 Å². The normalized spacial score (nSPS) is 16.9. The van der Waals surface area contributed by atoms with Crippen LogP contribution in [0.25, 0.3) is 0 Å². The van der Waals surface area contributed by atoms with E-state index >= 15 is 0 Å². The van der Waals surface area contributed by atoms with Crippen LogP contribution >= 0.6 is 0 Å². The first-order chi connectivity index (χ1) is 21.1. The molecule has 7 nitrogen and oxygen atoms in total. The lowest BCUT2D eigenvalue weighted by Gasteiger charge is -2.25. The van der Waals surface area contributed by atoms with Gasteiger partial charge in [-0.1, -0.05) is 51.1 Å². The Kier molecular flexibility index (Phi) is 11.1. The predicted molar refractivity (Wildman–Crippen MR) is 173 cm³/mol. The van der Waals surface area contributed by atoms with Gasteiger partial charge in [-0.2, -0.15) is 0 Å². The lowest BCUT2D eigenvalue weighted by molar-refractivity contribution is -0.120. The van der Waals surface area contributed by atoms with Gasteiger partial charge in [-0.25, -0.2) is 22.9 Å². The lowest BCUT2D eigenvalue weighted by Crippen LogP contribution is -2.33. The van der Waals surface area contributed by atoms with Gasteiger partial charge in [0.2, 0.25) is 15.9 Å². The van der Waals surface area contributed by atoms with E-state index in [9.17, 15) is 17.6 Å². The van der Waals surface area contributed by atoms with E-state index in [0.717, 1.165) is 48.3 Å². The molecule has 234 valence electrons. The molecule has 9 heteroatoms. The lowest BCUT2D eigenvalue weighted by atomic mass is 9.91. The zero-order chi connectivity index (χ0) is 31.9. The number of sulfonamides is 1. The number of aromatic nitrogens is 2. The molecular weight excluding hydrogens is 575 g/mol. The standard InChI is InChI=1S/C25H26FN3O.C8H11NO2S.C2H6/c1-28-12-11-27-24(28)16-29(21-10-9-17-5-2-3-6-18(17)14-21)25(30)23-15-22(23)19-7-4-8-20(26)13-19;1-2-7-4-3-5-8(6-7)12(9,10)11;1-2/h4,7-14,22-23H,2-3,5-6,15-16H2,1H3;3-6H,2H2,1H3,(H2,9,10,11);1-2H3/t22-,23+;;/m1../s1. The molecule has 0 spiro atoms. The van der Waals surface area contributed by atoms with Crippen molar-refractivity contribution in [3.05, 3.63) is 113 Å². The van der Waals surface area contributed by atoms with Crippen molar-refractivity contribution in [2.75, 3.05) is 4.90 Å². The van der Waals surface area contributed by atoms with E-state index in [-0.39, 0.29) is 28.5 Å². The predicted octanol–water partition coefficient (Wildman–Crippen LogP) is 6.70. The summed E-state index contributed by atoms with van der Waals surface area (Å²) in [4.78, 5) is 20.1. The van der Waals surface area contributed by atoms with Gasteiger partial charge in [-0.3, -0.25) is 4.79 Å². The molecule has 3 aromatic carbocycles. The van der Waals surface area contributed by atoms with Crippen molar-refractivity contribution < 1.29 is 17.6 Å². The Labute approximate surface area is 261 Å². The molecule has 1 fully saturated rings. The largest absolute Gasteiger partial charge is 0.337 e. The molecular formula is C35H43FN4O3S. The molecule has 1 aromatic heterocycles. The van der Waals surface area contributed by atoms with Crippen molar-refractivity contribution in [2.24, 2.45) is 18.1 Å². The summed E-state index contributed by atoms with van der Waals surface area (Å²) in [6.45, 7) is 6.40. The zero-order valence-corrected chi connectivity index (χ0v) is 26.9. The molecule has 0 unspecified atom stereocenters. The highest BCUT2D eigenvalue weighted by Crippen LogP contribution is 2.49. The maximum Gasteiger partial charge on any atom is 0.238 e. The Balaban J connectivity index is 0.000000266. The molecule has 2 N–H and O–H groups in total. The summed E-state index contributed by atoms with van der Waals surface area (Å²) in [5.41, 5.74) is 5.58. The Hall–Kier alpha value is -3.82. The number of carbonyl (C=O) groups excluding carboxylic acids is 1. The molecule has 0 radical (unpaired) electrons. The summed E-state index contributed by atoms with van der Waals surface area (Å²) in [7, 11) is -1.59. The number of hydrogen-bond acceptors (Lipinski definition) is 4. The molecule has 1 heterocycles. The number of anilines is 1. The summed E-state index contributed by atoms with van der Waals surface area (Å²) in [5.74, 6) is 0.690. The van der Waals surface area contributed by atoms with Crippen LogP contribution in [0.2, 0.25) is 0 Å². The van der Waals surface area contributed by atoms with Gasteiger partial charge < -0.3 is 9.47 Å². The second-order valence-electron chi connectivity index (χ2n) is 11.1. The number of nitrogens with two attached hydrogens (primary N) is 1. The first-order valence-corrected chi connectivity index (χ1v) is 16.9. The number of fused-ring (bicyclic) bond motifs is 1. The van der Waals surface area contributed by atoms with Crippen molar-refractivity contribution in [1.29, 1.82) is 0 Å². The molecule has 2 aliphatic carbocycles. The SMILES string of the molecule is CC.CCc1cccc(S(N)(=O)=O)c1.Cn1ccnc1CN(C(=O)[C@H]1C[C@@H]1c1cccc(F)c1)c1ccc2c(c1)CCCC2. The Bertz CT molecular complexity index is 1680. The van der Waals surface area contributed by atoms with Crippen molar-refractivity contribution in [3.8, 4) is 0 Å². The maximum absolute atomic E-state index is 13.7. The Morgan fingerprint density at radius 3 is 2.41 bits per heavy atom. The van der Waals surface area contributed by atoms with Crippen LogP contribution in [-0.4, -0.2) is 23.9 Å². The third-order valence-corrected chi connectivity index (χ3v) is 9.06. The number of primary sulfonamides is 1. The van der Waals surface area contributed by atoms with E-state index in [1.165, 1.54) is 36.1 Å². The second kappa shape index (κ2) is 14.8. The van der Waals surface area contributed by atoms with Crippen LogP contribution in [0.3, 0.4) is 0 Å². The zero-order valence-electron chi connectivity index (χ0n) is 26.0. The number of hydrogen-bond donors (Lipinski definition) is 1. The summed E-state index contributed by atoms with van der Waals surface area (Å²) in [6, 6.07) is 19.7. The van der Waals surface area contributed by atoms with Gasteiger partial charge in [-0.15, -0.1) is 0 Å². The first-order valence-electron chi connectivity index (χ1n) is 15.4. The molecule has 0 saturated heterocycles. The van der Waals surface area contributed by atoms with Crippen LogP contribution in [0.5, 0.6) is 0 Å². The van der Waals surface area contributed by atoms with Crippen LogP contribution in [-0.2, 0) is 47.7 Å². The van der Waals surface area contributed by atoms with Crippen molar-refractivity contribution in [2.45, 2.75) is 76.7 Å². The van der Waals surface area contributed by atoms with Gasteiger partial charge in [0.1, 0.15) is 11.6 Å². The van der Waals surface area contributed by atoms with Gasteiger partial charge in [0.25, 0.3) is 0 Å².